The van der Waals surface area contributed by atoms with Gasteiger partial charge in [0.15, 0.2) is 0 Å². The van der Waals surface area contributed by atoms with E-state index in [0.717, 1.165) is 25.7 Å². The average molecular weight is 338 g/mol. The van der Waals surface area contributed by atoms with Crippen LogP contribution < -0.4 is 10.9 Å². The number of hydrogen-bond donors (Lipinski definition) is 2. The molecule has 2 aromatic carbocycles. The van der Waals surface area contributed by atoms with Crippen molar-refractivity contribution < 1.29 is 9.53 Å². The van der Waals surface area contributed by atoms with Crippen LogP contribution in [0.4, 0.5) is 4.79 Å². The van der Waals surface area contributed by atoms with Gasteiger partial charge < -0.3 is 4.74 Å². The van der Waals surface area contributed by atoms with Crippen molar-refractivity contribution in [2.75, 3.05) is 7.11 Å². The molecule has 0 aliphatic heterocycles. The van der Waals surface area contributed by atoms with E-state index < -0.39 is 6.09 Å². The summed E-state index contributed by atoms with van der Waals surface area (Å²) in [5.74, 6) is 0. The number of methoxy groups -OCH3 is 1. The van der Waals surface area contributed by atoms with Crippen molar-refractivity contribution >= 4 is 6.09 Å². The van der Waals surface area contributed by atoms with Gasteiger partial charge in [0.2, 0.25) is 0 Å². The molecule has 2 aromatic rings. The Morgan fingerprint density at radius 3 is 2.20 bits per heavy atom. The summed E-state index contributed by atoms with van der Waals surface area (Å²) in [4.78, 5) is 11.3. The first-order chi connectivity index (χ1) is 12.3. The quantitative estimate of drug-likeness (QED) is 0.536. The summed E-state index contributed by atoms with van der Waals surface area (Å²) in [6, 6.07) is 20.8. The molecule has 0 spiro atoms. The van der Waals surface area contributed by atoms with Crippen molar-refractivity contribution in [3.05, 3.63) is 83.9 Å². The summed E-state index contributed by atoms with van der Waals surface area (Å²) in [5.41, 5.74) is 8.20. The van der Waals surface area contributed by atoms with Crippen LogP contribution in [0.5, 0.6) is 0 Å². The Labute approximate surface area is 149 Å². The molecule has 0 saturated carbocycles. The van der Waals surface area contributed by atoms with Gasteiger partial charge >= 0.3 is 6.09 Å². The third-order valence-electron chi connectivity index (χ3n) is 3.94. The van der Waals surface area contributed by atoms with E-state index in [2.05, 4.69) is 64.1 Å². The lowest BCUT2D eigenvalue weighted by Crippen LogP contribution is -2.43. The smallest absolute Gasteiger partial charge is 0.421 e. The van der Waals surface area contributed by atoms with Gasteiger partial charge in [-0.1, -0.05) is 72.8 Å². The minimum Gasteiger partial charge on any atom is -0.452 e. The molecule has 0 heterocycles. The Balaban J connectivity index is 1.84. The van der Waals surface area contributed by atoms with E-state index in [4.69, 9.17) is 0 Å². The van der Waals surface area contributed by atoms with Crippen molar-refractivity contribution in [3.63, 3.8) is 0 Å². The Bertz CT molecular complexity index is 641. The van der Waals surface area contributed by atoms with Gasteiger partial charge in [-0.05, 0) is 36.8 Å². The van der Waals surface area contributed by atoms with Crippen molar-refractivity contribution in [2.45, 2.75) is 31.7 Å². The highest BCUT2D eigenvalue weighted by Gasteiger charge is 2.07. The number of aryl methyl sites for hydroxylation is 2. The maximum absolute atomic E-state index is 11.3. The number of hydrazine groups is 1. The fraction of sp³-hybridized carbons (Fsp3) is 0.286. The Morgan fingerprint density at radius 2 is 1.60 bits per heavy atom. The lowest BCUT2D eigenvalue weighted by Gasteiger charge is -2.15. The molecule has 0 radical (unpaired) electrons. The molecule has 0 aliphatic carbocycles. The van der Waals surface area contributed by atoms with Gasteiger partial charge in [0, 0.05) is 6.04 Å². The summed E-state index contributed by atoms with van der Waals surface area (Å²) in [5, 5.41) is 0. The van der Waals surface area contributed by atoms with Gasteiger partial charge in [0.05, 0.1) is 7.11 Å². The topological polar surface area (TPSA) is 50.4 Å². The minimum absolute atomic E-state index is 0.0510. The maximum atomic E-state index is 11.3. The Hall–Kier alpha value is -2.59. The highest BCUT2D eigenvalue weighted by Crippen LogP contribution is 2.07. The Morgan fingerprint density at radius 1 is 1.00 bits per heavy atom. The van der Waals surface area contributed by atoms with E-state index in [-0.39, 0.29) is 6.04 Å². The van der Waals surface area contributed by atoms with Gasteiger partial charge in [-0.25, -0.2) is 10.2 Å². The number of allylic oxidation sites excluding steroid dienone is 1. The number of hydrogen-bond acceptors (Lipinski definition) is 3. The van der Waals surface area contributed by atoms with Crippen LogP contribution in [0.15, 0.2) is 72.8 Å². The molecule has 132 valence electrons. The predicted molar refractivity (Wildman–Crippen MR) is 101 cm³/mol. The summed E-state index contributed by atoms with van der Waals surface area (Å²) < 4.78 is 4.61. The second-order valence-corrected chi connectivity index (χ2v) is 5.84. The number of carbonyl (C=O) groups excluding carboxylic acids is 1. The van der Waals surface area contributed by atoms with E-state index in [1.54, 1.807) is 0 Å². The zero-order chi connectivity index (χ0) is 17.7. The summed E-state index contributed by atoms with van der Waals surface area (Å²) in [6.07, 6.45) is 7.58. The van der Waals surface area contributed by atoms with Crippen LogP contribution in [0, 0.1) is 0 Å². The van der Waals surface area contributed by atoms with Crippen LogP contribution in [-0.4, -0.2) is 19.2 Å². The van der Waals surface area contributed by atoms with E-state index in [0.29, 0.717) is 0 Å². The van der Waals surface area contributed by atoms with Crippen LogP contribution >= 0.6 is 0 Å². The van der Waals surface area contributed by atoms with E-state index in [1.807, 2.05) is 24.3 Å². The van der Waals surface area contributed by atoms with Crippen LogP contribution in [0.2, 0.25) is 0 Å². The van der Waals surface area contributed by atoms with E-state index in [1.165, 1.54) is 18.2 Å². The Kier molecular flexibility index (Phi) is 8.29. The van der Waals surface area contributed by atoms with Crippen LogP contribution in [0.1, 0.15) is 24.0 Å². The van der Waals surface area contributed by atoms with Crippen molar-refractivity contribution in [3.8, 4) is 0 Å². The van der Waals surface area contributed by atoms with Crippen LogP contribution in [0.3, 0.4) is 0 Å². The predicted octanol–water partition coefficient (Wildman–Crippen LogP) is 4.04. The summed E-state index contributed by atoms with van der Waals surface area (Å²) in [7, 11) is 1.35. The second-order valence-electron chi connectivity index (χ2n) is 5.84. The van der Waals surface area contributed by atoms with Gasteiger partial charge in [-0.2, -0.15) is 0 Å². The first-order valence-electron chi connectivity index (χ1n) is 8.62. The lowest BCUT2D eigenvalue weighted by atomic mass is 10.0. The molecule has 1 unspecified atom stereocenters. The van der Waals surface area contributed by atoms with Crippen LogP contribution in [-0.2, 0) is 17.6 Å². The normalized spacial score (nSPS) is 12.0. The number of ether oxygens (including phenoxy) is 1. The highest BCUT2D eigenvalue weighted by atomic mass is 16.5. The largest absolute Gasteiger partial charge is 0.452 e. The molecule has 4 heteroatoms. The number of benzene rings is 2. The minimum atomic E-state index is -0.484. The zero-order valence-corrected chi connectivity index (χ0v) is 14.7. The molecule has 2 N–H and O–H groups in total. The number of amides is 1. The van der Waals surface area contributed by atoms with Crippen molar-refractivity contribution in [1.82, 2.24) is 10.9 Å². The summed E-state index contributed by atoms with van der Waals surface area (Å²) >= 11 is 0. The molecular weight excluding hydrogens is 312 g/mol. The molecular formula is C21H26N2O2. The van der Waals surface area contributed by atoms with E-state index in [9.17, 15) is 4.79 Å². The lowest BCUT2D eigenvalue weighted by molar-refractivity contribution is 0.164. The number of carbonyl (C=O) groups is 1. The third-order valence-corrected chi connectivity index (χ3v) is 3.94. The third kappa shape index (κ3) is 7.68. The van der Waals surface area contributed by atoms with Gasteiger partial charge in [-0.15, -0.1) is 0 Å². The van der Waals surface area contributed by atoms with Crippen LogP contribution in [0.25, 0.3) is 0 Å². The van der Waals surface area contributed by atoms with Gasteiger partial charge in [0.25, 0.3) is 0 Å². The SMILES string of the molecule is COC(=O)NNC(/C=C/CCc1ccccc1)CCc1ccccc1. The molecule has 0 bridgehead atoms. The maximum Gasteiger partial charge on any atom is 0.421 e. The monoisotopic (exact) mass is 338 g/mol. The molecule has 1 amide bonds. The zero-order valence-electron chi connectivity index (χ0n) is 14.7. The summed E-state index contributed by atoms with van der Waals surface area (Å²) in [6.45, 7) is 0. The first-order valence-corrected chi connectivity index (χ1v) is 8.62. The molecule has 25 heavy (non-hydrogen) atoms. The highest BCUT2D eigenvalue weighted by molar-refractivity contribution is 5.66. The average Bonchev–Trinajstić information content (AvgIpc) is 2.68. The first kappa shape index (κ1) is 18.7. The second kappa shape index (κ2) is 11.0. The molecule has 0 fully saturated rings. The standard InChI is InChI=1S/C21H26N2O2/c1-25-21(24)23-22-20(17-16-19-12-6-3-7-13-19)15-9-8-14-18-10-4-2-5-11-18/h2-7,9-13,15,20,22H,8,14,16-17H2,1H3,(H,23,24)/b15-9+. The molecule has 4 nitrogen and oxygen atoms in total. The molecule has 0 aliphatic rings. The number of rotatable bonds is 9. The molecule has 0 saturated heterocycles. The number of nitrogens with one attached hydrogen (secondary N) is 2. The fourth-order valence-corrected chi connectivity index (χ4v) is 2.54. The van der Waals surface area contributed by atoms with E-state index >= 15 is 0 Å². The molecule has 2 rings (SSSR count). The molecule has 0 aromatic heterocycles. The van der Waals surface area contributed by atoms with Crippen molar-refractivity contribution in [1.29, 1.82) is 0 Å². The van der Waals surface area contributed by atoms with Gasteiger partial charge in [0.1, 0.15) is 0 Å². The molecule has 1 atom stereocenters. The fourth-order valence-electron chi connectivity index (χ4n) is 2.54. The van der Waals surface area contributed by atoms with Crippen molar-refractivity contribution in [2.24, 2.45) is 0 Å². The van der Waals surface area contributed by atoms with Gasteiger partial charge in [-0.3, -0.25) is 5.43 Å².